The summed E-state index contributed by atoms with van der Waals surface area (Å²) < 4.78 is 14.4. The van der Waals surface area contributed by atoms with Crippen molar-refractivity contribution in [1.82, 2.24) is 10.2 Å². The summed E-state index contributed by atoms with van der Waals surface area (Å²) in [6, 6.07) is 4.02. The van der Waals surface area contributed by atoms with Gasteiger partial charge in [0.25, 0.3) is 0 Å². The molecule has 2 fully saturated rings. The number of hydrogen-bond acceptors (Lipinski definition) is 5. The molecule has 1 aromatic rings. The molecule has 2 aliphatic rings. The van der Waals surface area contributed by atoms with Gasteiger partial charge in [0.1, 0.15) is 11.9 Å². The maximum absolute atomic E-state index is 14.4. The molecule has 134 valence electrons. The molecule has 0 radical (unpaired) electrons. The summed E-state index contributed by atoms with van der Waals surface area (Å²) in [6.45, 7) is 1.49. The number of amides is 3. The summed E-state index contributed by atoms with van der Waals surface area (Å²) in [7, 11) is 0. The molecule has 0 spiro atoms. The van der Waals surface area contributed by atoms with Crippen LogP contribution in [0.2, 0.25) is 0 Å². The molecule has 1 atom stereocenters. The number of carboxylic acid groups (broad SMARTS) is 1. The number of piperidine rings is 1. The van der Waals surface area contributed by atoms with Crippen molar-refractivity contribution in [2.75, 3.05) is 36.4 Å². The third-order valence-corrected chi connectivity index (χ3v) is 4.42. The molecular weight excluding hydrogens is 331 g/mol. The van der Waals surface area contributed by atoms with Gasteiger partial charge < -0.3 is 20.2 Å². The fourth-order valence-corrected chi connectivity index (χ4v) is 3.02. The van der Waals surface area contributed by atoms with Gasteiger partial charge in [-0.25, -0.2) is 9.18 Å². The van der Waals surface area contributed by atoms with Crippen molar-refractivity contribution in [1.29, 1.82) is 0 Å². The average Bonchev–Trinajstić information content (AvgIpc) is 2.58. The van der Waals surface area contributed by atoms with E-state index in [2.05, 4.69) is 10.6 Å². The van der Waals surface area contributed by atoms with E-state index in [0.717, 1.165) is 0 Å². The zero-order valence-electron chi connectivity index (χ0n) is 13.5. The molecule has 0 unspecified atom stereocenters. The Labute approximate surface area is 143 Å². The number of nitrogens with one attached hydrogen (secondary N) is 2. The van der Waals surface area contributed by atoms with E-state index in [0.29, 0.717) is 44.0 Å². The monoisotopic (exact) mass is 350 g/mol. The predicted octanol–water partition coefficient (Wildman–Crippen LogP) is 0.843. The number of anilines is 2. The minimum absolute atomic E-state index is 0.248. The van der Waals surface area contributed by atoms with Gasteiger partial charge in [0.05, 0.1) is 5.69 Å². The first-order valence-corrected chi connectivity index (χ1v) is 8.06. The molecule has 9 heteroatoms. The third kappa shape index (κ3) is 3.81. The van der Waals surface area contributed by atoms with E-state index in [9.17, 15) is 18.8 Å². The van der Waals surface area contributed by atoms with E-state index in [1.165, 1.54) is 11.0 Å². The number of hydrogen-bond donors (Lipinski definition) is 3. The highest BCUT2D eigenvalue weighted by atomic mass is 19.1. The van der Waals surface area contributed by atoms with Crippen LogP contribution in [0.15, 0.2) is 18.2 Å². The zero-order valence-corrected chi connectivity index (χ0v) is 13.5. The van der Waals surface area contributed by atoms with E-state index < -0.39 is 23.9 Å². The molecule has 0 bridgehead atoms. The van der Waals surface area contributed by atoms with Gasteiger partial charge in [-0.3, -0.25) is 14.9 Å². The molecule has 25 heavy (non-hydrogen) atoms. The second kappa shape index (κ2) is 6.96. The molecule has 3 N–H and O–H groups in total. The van der Waals surface area contributed by atoms with Crippen LogP contribution in [-0.2, 0) is 9.59 Å². The van der Waals surface area contributed by atoms with E-state index in [-0.39, 0.29) is 12.3 Å². The van der Waals surface area contributed by atoms with Crippen LogP contribution < -0.4 is 15.5 Å². The largest absolute Gasteiger partial charge is 0.465 e. The number of benzene rings is 1. The van der Waals surface area contributed by atoms with Gasteiger partial charge in [-0.15, -0.1) is 0 Å². The van der Waals surface area contributed by atoms with Crippen molar-refractivity contribution < 1.29 is 23.9 Å². The van der Waals surface area contributed by atoms with Gasteiger partial charge >= 0.3 is 6.09 Å². The minimum Gasteiger partial charge on any atom is -0.465 e. The highest BCUT2D eigenvalue weighted by Gasteiger charge is 2.27. The standard InChI is InChI=1S/C16H19FN4O4/c17-11-9-10(18-12-2-4-14(22)19-15(12)23)1-3-13(11)20-5-7-21(8-6-20)16(24)25/h1,3,9,12,18H,2,4-8H2,(H,24,25)(H,19,22,23)/t12-/m1/s1. The first-order valence-electron chi connectivity index (χ1n) is 8.06. The molecule has 3 rings (SSSR count). The number of carbonyl (C=O) groups is 3. The fourth-order valence-electron chi connectivity index (χ4n) is 3.02. The summed E-state index contributed by atoms with van der Waals surface area (Å²) in [5, 5.41) is 14.1. The zero-order chi connectivity index (χ0) is 18.0. The van der Waals surface area contributed by atoms with Crippen LogP contribution in [0.4, 0.5) is 20.6 Å². The van der Waals surface area contributed by atoms with E-state index in [4.69, 9.17) is 5.11 Å². The number of carbonyl (C=O) groups excluding carboxylic acids is 2. The van der Waals surface area contributed by atoms with Gasteiger partial charge in [-0.1, -0.05) is 0 Å². The normalized spacial score (nSPS) is 21.1. The van der Waals surface area contributed by atoms with Crippen LogP contribution in [0.3, 0.4) is 0 Å². The molecule has 3 amide bonds. The Balaban J connectivity index is 1.64. The summed E-state index contributed by atoms with van der Waals surface area (Å²) in [5.41, 5.74) is 0.860. The number of rotatable bonds is 3. The second-order valence-electron chi connectivity index (χ2n) is 6.07. The first-order chi connectivity index (χ1) is 11.9. The van der Waals surface area contributed by atoms with Crippen LogP contribution in [0, 0.1) is 5.82 Å². The Hall–Kier alpha value is -2.84. The topological polar surface area (TPSA) is 102 Å². The van der Waals surface area contributed by atoms with E-state index >= 15 is 0 Å². The number of nitrogens with zero attached hydrogens (tertiary/aromatic N) is 2. The highest BCUT2D eigenvalue weighted by Crippen LogP contribution is 2.25. The van der Waals surface area contributed by atoms with Crippen molar-refractivity contribution >= 4 is 29.3 Å². The maximum atomic E-state index is 14.4. The Morgan fingerprint density at radius 1 is 1.24 bits per heavy atom. The first kappa shape index (κ1) is 17.0. The summed E-state index contributed by atoms with van der Waals surface area (Å²) in [5.74, 6) is -1.16. The van der Waals surface area contributed by atoms with Crippen LogP contribution in [-0.4, -0.2) is 60.1 Å². The maximum Gasteiger partial charge on any atom is 0.407 e. The second-order valence-corrected chi connectivity index (χ2v) is 6.07. The molecule has 2 heterocycles. The summed E-state index contributed by atoms with van der Waals surface area (Å²) >= 11 is 0. The molecule has 1 aromatic carbocycles. The fraction of sp³-hybridized carbons (Fsp3) is 0.438. The Morgan fingerprint density at radius 2 is 1.96 bits per heavy atom. The van der Waals surface area contributed by atoms with Gasteiger partial charge in [-0.2, -0.15) is 0 Å². The number of halogens is 1. The summed E-state index contributed by atoms with van der Waals surface area (Å²) in [6.07, 6.45) is -0.355. The smallest absolute Gasteiger partial charge is 0.407 e. The van der Waals surface area contributed by atoms with E-state index in [1.54, 1.807) is 17.0 Å². The van der Waals surface area contributed by atoms with Crippen LogP contribution in [0.5, 0.6) is 0 Å². The lowest BCUT2D eigenvalue weighted by Gasteiger charge is -2.34. The lowest BCUT2D eigenvalue weighted by Crippen LogP contribution is -2.48. The molecular formula is C16H19FN4O4. The highest BCUT2D eigenvalue weighted by molar-refractivity contribution is 6.01. The predicted molar refractivity (Wildman–Crippen MR) is 88.0 cm³/mol. The van der Waals surface area contributed by atoms with Crippen LogP contribution in [0.1, 0.15) is 12.8 Å². The summed E-state index contributed by atoms with van der Waals surface area (Å²) in [4.78, 5) is 36.9. The molecule has 0 aliphatic carbocycles. The average molecular weight is 350 g/mol. The molecule has 2 aliphatic heterocycles. The van der Waals surface area contributed by atoms with Crippen molar-refractivity contribution in [2.24, 2.45) is 0 Å². The van der Waals surface area contributed by atoms with Crippen molar-refractivity contribution in [2.45, 2.75) is 18.9 Å². The number of piperazine rings is 1. The van der Waals surface area contributed by atoms with Crippen molar-refractivity contribution in [3.05, 3.63) is 24.0 Å². The Bertz CT molecular complexity index is 703. The molecule has 0 aromatic heterocycles. The lowest BCUT2D eigenvalue weighted by molar-refractivity contribution is -0.133. The van der Waals surface area contributed by atoms with Crippen molar-refractivity contribution in [3.63, 3.8) is 0 Å². The third-order valence-electron chi connectivity index (χ3n) is 4.42. The van der Waals surface area contributed by atoms with Gasteiger partial charge in [0.2, 0.25) is 11.8 Å². The van der Waals surface area contributed by atoms with Gasteiger partial charge in [0, 0.05) is 38.3 Å². The van der Waals surface area contributed by atoms with Crippen LogP contribution in [0.25, 0.3) is 0 Å². The quantitative estimate of drug-likeness (QED) is 0.699. The number of imide groups is 1. The van der Waals surface area contributed by atoms with Gasteiger partial charge in [0.15, 0.2) is 0 Å². The SMILES string of the molecule is O=C1CC[C@@H](Nc2ccc(N3CCN(C(=O)O)CC3)c(F)c2)C(=O)N1. The Kier molecular flexibility index (Phi) is 4.73. The minimum atomic E-state index is -0.969. The molecule has 8 nitrogen and oxygen atoms in total. The van der Waals surface area contributed by atoms with Crippen LogP contribution >= 0.6 is 0 Å². The lowest BCUT2D eigenvalue weighted by atomic mass is 10.1. The van der Waals surface area contributed by atoms with Crippen molar-refractivity contribution in [3.8, 4) is 0 Å². The van der Waals surface area contributed by atoms with Gasteiger partial charge in [-0.05, 0) is 24.6 Å². The molecule has 2 saturated heterocycles. The Morgan fingerprint density at radius 3 is 2.56 bits per heavy atom. The van der Waals surface area contributed by atoms with E-state index in [1.807, 2.05) is 0 Å². The molecule has 0 saturated carbocycles.